The first-order chi connectivity index (χ1) is 13.6. The monoisotopic (exact) mass is 389 g/mol. The number of hydrogen-bond acceptors (Lipinski definition) is 4. The zero-order valence-corrected chi connectivity index (χ0v) is 16.5. The van der Waals surface area contributed by atoms with Crippen LogP contribution in [0.1, 0.15) is 31.1 Å². The molecule has 1 heterocycles. The average molecular weight is 389 g/mol. The largest absolute Gasteiger partial charge is 0.370 e. The molecule has 0 saturated carbocycles. The summed E-state index contributed by atoms with van der Waals surface area (Å²) in [5, 5.41) is 13.1. The van der Waals surface area contributed by atoms with Crippen LogP contribution < -0.4 is 16.4 Å². The summed E-state index contributed by atoms with van der Waals surface area (Å²) in [5.41, 5.74) is 7.72. The molecule has 1 aromatic heterocycles. The number of carbonyl (C=O) groups is 2. The van der Waals surface area contributed by atoms with Crippen molar-refractivity contribution >= 4 is 34.4 Å². The number of nitrogens with two attached hydrogens (primary N) is 1. The Morgan fingerprint density at radius 1 is 1.03 bits per heavy atom. The van der Waals surface area contributed by atoms with Gasteiger partial charge in [0, 0.05) is 22.1 Å². The Labute approximate surface area is 168 Å². The third-order valence-corrected chi connectivity index (χ3v) is 4.31. The van der Waals surface area contributed by atoms with Crippen LogP contribution >= 0.6 is 0 Å². The topological polar surface area (TPSA) is 121 Å². The van der Waals surface area contributed by atoms with E-state index in [2.05, 4.69) is 15.6 Å². The van der Waals surface area contributed by atoms with E-state index < -0.39 is 17.3 Å². The summed E-state index contributed by atoms with van der Waals surface area (Å²) in [6.07, 6.45) is 0. The lowest BCUT2D eigenvalue weighted by Crippen LogP contribution is -2.35. The van der Waals surface area contributed by atoms with Crippen molar-refractivity contribution in [2.75, 3.05) is 5.32 Å². The molecule has 0 aliphatic rings. The van der Waals surface area contributed by atoms with E-state index in [1.54, 1.807) is 24.3 Å². The van der Waals surface area contributed by atoms with Gasteiger partial charge in [0.05, 0.1) is 16.8 Å². The summed E-state index contributed by atoms with van der Waals surface area (Å²) in [7, 11) is 0. The Kier molecular flexibility index (Phi) is 5.32. The van der Waals surface area contributed by atoms with E-state index in [9.17, 15) is 9.59 Å². The third-order valence-electron chi connectivity index (χ3n) is 4.31. The molecule has 0 saturated heterocycles. The van der Waals surface area contributed by atoms with Crippen molar-refractivity contribution < 1.29 is 9.59 Å². The van der Waals surface area contributed by atoms with Crippen LogP contribution in [0.25, 0.3) is 22.2 Å². The van der Waals surface area contributed by atoms with Crippen LogP contribution in [0.3, 0.4) is 0 Å². The van der Waals surface area contributed by atoms with Gasteiger partial charge in [-0.05, 0) is 24.3 Å². The zero-order chi connectivity index (χ0) is 21.2. The standard InChI is InChI=1S/C22H23N5O2/c1-22(2,3)20(29)25-14-9-10-15-16(19(28)27-21(23)24)12-17(26-18(15)11-14)13-7-5-4-6-8-13/h4-12H,1-3H3,(H,25,29)(H4,23,24,27,28). The van der Waals surface area contributed by atoms with Crippen molar-refractivity contribution in [2.45, 2.75) is 20.8 Å². The summed E-state index contributed by atoms with van der Waals surface area (Å²) in [5.74, 6) is -1.05. The summed E-state index contributed by atoms with van der Waals surface area (Å²) in [4.78, 5) is 29.6. The fourth-order valence-electron chi connectivity index (χ4n) is 2.76. The van der Waals surface area contributed by atoms with E-state index in [1.807, 2.05) is 51.1 Å². The molecule has 148 valence electrons. The molecule has 0 aliphatic carbocycles. The van der Waals surface area contributed by atoms with Gasteiger partial charge >= 0.3 is 0 Å². The number of pyridine rings is 1. The molecule has 2 aromatic carbocycles. The Balaban J connectivity index is 2.14. The Hall–Kier alpha value is -3.74. The lowest BCUT2D eigenvalue weighted by Gasteiger charge is -2.18. The molecule has 0 fully saturated rings. The maximum Gasteiger partial charge on any atom is 0.258 e. The number of nitrogens with one attached hydrogen (secondary N) is 3. The third kappa shape index (κ3) is 4.57. The number of hydrogen-bond donors (Lipinski definition) is 4. The summed E-state index contributed by atoms with van der Waals surface area (Å²) >= 11 is 0. The van der Waals surface area contributed by atoms with Gasteiger partial charge < -0.3 is 11.1 Å². The minimum atomic E-state index is -0.541. The Bertz CT molecular complexity index is 1100. The van der Waals surface area contributed by atoms with E-state index in [-0.39, 0.29) is 5.91 Å². The smallest absolute Gasteiger partial charge is 0.258 e. The number of anilines is 1. The van der Waals surface area contributed by atoms with E-state index in [0.717, 1.165) is 5.56 Å². The Morgan fingerprint density at radius 2 is 1.72 bits per heavy atom. The fourth-order valence-corrected chi connectivity index (χ4v) is 2.76. The fraction of sp³-hybridized carbons (Fsp3) is 0.182. The highest BCUT2D eigenvalue weighted by atomic mass is 16.2. The van der Waals surface area contributed by atoms with Crippen LogP contribution in [0, 0.1) is 10.8 Å². The van der Waals surface area contributed by atoms with Crippen molar-refractivity contribution in [1.29, 1.82) is 5.41 Å². The van der Waals surface area contributed by atoms with Gasteiger partial charge in [-0.2, -0.15) is 0 Å². The van der Waals surface area contributed by atoms with E-state index in [1.165, 1.54) is 0 Å². The number of nitrogens with zero attached hydrogens (tertiary/aromatic N) is 1. The van der Waals surface area contributed by atoms with Gasteiger partial charge in [0.2, 0.25) is 5.91 Å². The van der Waals surface area contributed by atoms with Gasteiger partial charge in [0.1, 0.15) is 0 Å². The first-order valence-electron chi connectivity index (χ1n) is 9.12. The number of benzene rings is 2. The summed E-state index contributed by atoms with van der Waals surface area (Å²) in [6.45, 7) is 5.50. The minimum Gasteiger partial charge on any atom is -0.370 e. The van der Waals surface area contributed by atoms with Gasteiger partial charge in [0.25, 0.3) is 5.91 Å². The second-order valence-corrected chi connectivity index (χ2v) is 7.72. The molecule has 7 heteroatoms. The molecule has 29 heavy (non-hydrogen) atoms. The molecular weight excluding hydrogens is 366 g/mol. The van der Waals surface area contributed by atoms with E-state index in [0.29, 0.717) is 27.8 Å². The molecule has 0 spiro atoms. The van der Waals surface area contributed by atoms with Gasteiger partial charge in [-0.1, -0.05) is 51.1 Å². The van der Waals surface area contributed by atoms with Crippen molar-refractivity contribution in [1.82, 2.24) is 10.3 Å². The van der Waals surface area contributed by atoms with Crippen LogP contribution in [0.4, 0.5) is 5.69 Å². The molecule has 3 aromatic rings. The van der Waals surface area contributed by atoms with E-state index >= 15 is 0 Å². The van der Waals surface area contributed by atoms with Crippen LogP contribution in [-0.2, 0) is 4.79 Å². The molecule has 0 radical (unpaired) electrons. The average Bonchev–Trinajstić information content (AvgIpc) is 2.66. The maximum absolute atomic E-state index is 12.6. The van der Waals surface area contributed by atoms with Crippen LogP contribution in [0.5, 0.6) is 0 Å². The first kappa shape index (κ1) is 20.0. The second kappa shape index (κ2) is 7.71. The first-order valence-corrected chi connectivity index (χ1v) is 9.12. The lowest BCUT2D eigenvalue weighted by atomic mass is 9.95. The van der Waals surface area contributed by atoms with Crippen molar-refractivity contribution in [2.24, 2.45) is 11.1 Å². The quantitative estimate of drug-likeness (QED) is 0.404. The predicted molar refractivity (Wildman–Crippen MR) is 115 cm³/mol. The molecule has 0 unspecified atom stereocenters. The normalized spacial score (nSPS) is 11.1. The minimum absolute atomic E-state index is 0.120. The number of rotatable bonds is 3. The van der Waals surface area contributed by atoms with Crippen molar-refractivity contribution in [3.63, 3.8) is 0 Å². The SMILES string of the molecule is CC(C)(C)C(=O)Nc1ccc2c(C(=O)NC(=N)N)cc(-c3ccccc3)nc2c1. The number of aromatic nitrogens is 1. The number of amides is 2. The summed E-state index contributed by atoms with van der Waals surface area (Å²) in [6, 6.07) is 16.3. The van der Waals surface area contributed by atoms with Gasteiger partial charge in [-0.25, -0.2) is 4.98 Å². The predicted octanol–water partition coefficient (Wildman–Crippen LogP) is 3.51. The molecule has 0 aliphatic heterocycles. The molecule has 5 N–H and O–H groups in total. The maximum atomic E-state index is 12.6. The van der Waals surface area contributed by atoms with Gasteiger partial charge in [-0.3, -0.25) is 20.3 Å². The van der Waals surface area contributed by atoms with Crippen LogP contribution in [0.15, 0.2) is 54.6 Å². The highest BCUT2D eigenvalue weighted by Gasteiger charge is 2.22. The van der Waals surface area contributed by atoms with Gasteiger partial charge in [0.15, 0.2) is 5.96 Å². The lowest BCUT2D eigenvalue weighted by molar-refractivity contribution is -0.123. The molecule has 3 rings (SSSR count). The van der Waals surface area contributed by atoms with Crippen molar-refractivity contribution in [3.05, 3.63) is 60.2 Å². The number of guanidine groups is 1. The molecule has 0 bridgehead atoms. The highest BCUT2D eigenvalue weighted by Crippen LogP contribution is 2.27. The zero-order valence-electron chi connectivity index (χ0n) is 16.5. The van der Waals surface area contributed by atoms with Crippen LogP contribution in [0.2, 0.25) is 0 Å². The molecular formula is C22H23N5O2. The molecule has 0 atom stereocenters. The second-order valence-electron chi connectivity index (χ2n) is 7.72. The highest BCUT2D eigenvalue weighted by molar-refractivity contribution is 6.12. The number of fused-ring (bicyclic) bond motifs is 1. The van der Waals surface area contributed by atoms with Gasteiger partial charge in [-0.15, -0.1) is 0 Å². The van der Waals surface area contributed by atoms with Crippen molar-refractivity contribution in [3.8, 4) is 11.3 Å². The van der Waals surface area contributed by atoms with Crippen LogP contribution in [-0.4, -0.2) is 22.8 Å². The molecule has 2 amide bonds. The van der Waals surface area contributed by atoms with E-state index in [4.69, 9.17) is 11.1 Å². The number of carbonyl (C=O) groups excluding carboxylic acids is 2. The molecule has 7 nitrogen and oxygen atoms in total. The Morgan fingerprint density at radius 3 is 2.34 bits per heavy atom. The summed E-state index contributed by atoms with van der Waals surface area (Å²) < 4.78 is 0.